The fourth-order valence-electron chi connectivity index (χ4n) is 5.35. The first kappa shape index (κ1) is 32.8. The highest BCUT2D eigenvalue weighted by Gasteiger charge is 2.28. The summed E-state index contributed by atoms with van der Waals surface area (Å²) in [6, 6.07) is 0. The van der Waals surface area contributed by atoms with Crippen molar-refractivity contribution >= 4 is 0 Å². The fourth-order valence-corrected chi connectivity index (χ4v) is 5.35. The van der Waals surface area contributed by atoms with Crippen LogP contribution in [-0.2, 0) is 9.47 Å². The van der Waals surface area contributed by atoms with Crippen LogP contribution in [0.1, 0.15) is 89.9 Å². The molecule has 2 rings (SSSR count). The predicted octanol–water partition coefficient (Wildman–Crippen LogP) is -0.594. The third-order valence-corrected chi connectivity index (χ3v) is 7.22. The number of rotatable bonds is 15. The molecule has 0 aromatic heterocycles. The van der Waals surface area contributed by atoms with Crippen LogP contribution in [0.4, 0.5) is 0 Å². The highest BCUT2D eigenvalue weighted by Crippen LogP contribution is 2.19. The van der Waals surface area contributed by atoms with Crippen LogP contribution in [0.25, 0.3) is 0 Å². The van der Waals surface area contributed by atoms with Gasteiger partial charge in [0.1, 0.15) is 25.3 Å². The number of likely N-dealkylation sites (N-methyl/N-ethyl adjacent to an activating group) is 2. The first-order valence-electron chi connectivity index (χ1n) is 13.2. The van der Waals surface area contributed by atoms with Crippen molar-refractivity contribution in [3.8, 4) is 0 Å². The fraction of sp³-hybridized carbons (Fsp3) is 1.00. The summed E-state index contributed by atoms with van der Waals surface area (Å²) in [6.07, 6.45) is 19.8. The summed E-state index contributed by atoms with van der Waals surface area (Å²) in [5.41, 5.74) is 0. The van der Waals surface area contributed by atoms with E-state index in [-0.39, 0.29) is 34.0 Å². The molecule has 2 heterocycles. The van der Waals surface area contributed by atoms with Crippen molar-refractivity contribution in [2.24, 2.45) is 0 Å². The van der Waals surface area contributed by atoms with Crippen molar-refractivity contribution < 1.29 is 52.4 Å². The maximum absolute atomic E-state index is 6.13. The minimum Gasteiger partial charge on any atom is -1.00 e. The predicted molar refractivity (Wildman–Crippen MR) is 128 cm³/mol. The van der Waals surface area contributed by atoms with Crippen LogP contribution >= 0.6 is 0 Å². The summed E-state index contributed by atoms with van der Waals surface area (Å²) in [5, 5.41) is 0. The number of piperidine rings is 2. The van der Waals surface area contributed by atoms with Gasteiger partial charge in [0.25, 0.3) is 0 Å². The molecule has 0 aromatic carbocycles. The van der Waals surface area contributed by atoms with Gasteiger partial charge in [-0.3, -0.25) is 0 Å². The summed E-state index contributed by atoms with van der Waals surface area (Å²) in [4.78, 5) is 0. The molecule has 0 saturated carbocycles. The molecule has 2 atom stereocenters. The first-order chi connectivity index (χ1) is 14.4. The summed E-state index contributed by atoms with van der Waals surface area (Å²) in [5.74, 6) is 0. The molecule has 0 N–H and O–H groups in total. The highest BCUT2D eigenvalue weighted by atomic mass is 79.9. The number of unbranched alkanes of at least 4 members (excludes halogenated alkanes) is 9. The third-order valence-electron chi connectivity index (χ3n) is 7.22. The van der Waals surface area contributed by atoms with Crippen LogP contribution in [-0.4, -0.2) is 88.8 Å². The van der Waals surface area contributed by atoms with E-state index in [0.29, 0.717) is 12.2 Å². The monoisotopic (exact) mass is 584 g/mol. The molecule has 0 spiro atoms. The lowest BCUT2D eigenvalue weighted by atomic mass is 10.1. The molecule has 2 aliphatic heterocycles. The average molecular weight is 587 g/mol. The van der Waals surface area contributed by atoms with Gasteiger partial charge < -0.3 is 52.4 Å². The Balaban J connectivity index is 0.00000480. The number of likely N-dealkylation sites (tertiary alicyclic amines) is 2. The van der Waals surface area contributed by atoms with Crippen molar-refractivity contribution in [3.05, 3.63) is 0 Å². The van der Waals surface area contributed by atoms with E-state index < -0.39 is 0 Å². The number of quaternary nitrogens is 2. The lowest BCUT2D eigenvalue weighted by Crippen LogP contribution is -3.00. The Morgan fingerprint density at radius 1 is 0.531 bits per heavy atom. The summed E-state index contributed by atoms with van der Waals surface area (Å²) in [6.45, 7) is 6.97. The molecule has 6 heteroatoms. The van der Waals surface area contributed by atoms with Crippen molar-refractivity contribution in [2.75, 3.05) is 67.6 Å². The molecule has 2 saturated heterocycles. The zero-order valence-electron chi connectivity index (χ0n) is 21.8. The van der Waals surface area contributed by atoms with E-state index in [4.69, 9.17) is 9.47 Å². The number of hydrogen-bond acceptors (Lipinski definition) is 2. The summed E-state index contributed by atoms with van der Waals surface area (Å²) in [7, 11) is 9.34. The number of halogens is 2. The van der Waals surface area contributed by atoms with E-state index in [9.17, 15) is 0 Å². The second-order valence-electron chi connectivity index (χ2n) is 11.5. The highest BCUT2D eigenvalue weighted by molar-refractivity contribution is 4.64. The van der Waals surface area contributed by atoms with Gasteiger partial charge in [0.2, 0.25) is 0 Å². The summed E-state index contributed by atoms with van der Waals surface area (Å²) < 4.78 is 14.5. The minimum absolute atomic E-state index is 0. The maximum atomic E-state index is 6.13. The average Bonchev–Trinajstić information content (AvgIpc) is 2.67. The molecule has 0 bridgehead atoms. The van der Waals surface area contributed by atoms with Crippen LogP contribution in [0.5, 0.6) is 0 Å². The Labute approximate surface area is 221 Å². The van der Waals surface area contributed by atoms with Crippen LogP contribution in [0.3, 0.4) is 0 Å². The number of hydrogen-bond donors (Lipinski definition) is 0. The van der Waals surface area contributed by atoms with Gasteiger partial charge in [-0.2, -0.15) is 0 Å². The van der Waals surface area contributed by atoms with Gasteiger partial charge in [0.15, 0.2) is 0 Å². The normalized spacial score (nSPS) is 24.4. The molecule has 2 unspecified atom stereocenters. The third kappa shape index (κ3) is 15.7. The second kappa shape index (κ2) is 18.1. The quantitative estimate of drug-likeness (QED) is 0.189. The van der Waals surface area contributed by atoms with Gasteiger partial charge in [-0.05, 0) is 38.5 Å². The Morgan fingerprint density at radius 3 is 1.16 bits per heavy atom. The van der Waals surface area contributed by atoms with E-state index >= 15 is 0 Å². The van der Waals surface area contributed by atoms with Crippen LogP contribution in [0.2, 0.25) is 0 Å². The van der Waals surface area contributed by atoms with Gasteiger partial charge in [0.05, 0.1) is 41.3 Å². The molecular formula is C26H54Br2N2O2. The Bertz CT molecular complexity index is 410. The smallest absolute Gasteiger partial charge is 0.107 e. The number of ether oxygens (including phenoxy) is 2. The van der Waals surface area contributed by atoms with Crippen molar-refractivity contribution in [1.82, 2.24) is 0 Å². The van der Waals surface area contributed by atoms with Crippen LogP contribution in [0.15, 0.2) is 0 Å². The van der Waals surface area contributed by atoms with E-state index in [1.54, 1.807) is 0 Å². The standard InChI is InChI=1S/C26H54N2O2.2BrH/c1-27(2)19-15-17-25(23-27)29-21-13-11-9-7-5-6-8-10-12-14-22-30-26-18-16-20-28(3,4)24-26;;/h25-26H,5-24H2,1-4H3;2*1H/q+2;;/p-2. The largest absolute Gasteiger partial charge is 1.00 e. The molecule has 0 radical (unpaired) electrons. The topological polar surface area (TPSA) is 18.5 Å². The van der Waals surface area contributed by atoms with Crippen molar-refractivity contribution in [3.63, 3.8) is 0 Å². The van der Waals surface area contributed by atoms with Gasteiger partial charge in [-0.25, -0.2) is 0 Å². The lowest BCUT2D eigenvalue weighted by molar-refractivity contribution is -0.898. The van der Waals surface area contributed by atoms with Gasteiger partial charge in [-0.1, -0.05) is 51.4 Å². The van der Waals surface area contributed by atoms with E-state index in [1.807, 2.05) is 0 Å². The minimum atomic E-state index is 0. The molecular weight excluding hydrogens is 532 g/mol. The van der Waals surface area contributed by atoms with E-state index in [1.165, 1.54) is 116 Å². The molecule has 2 fully saturated rings. The van der Waals surface area contributed by atoms with Gasteiger partial charge in [-0.15, -0.1) is 0 Å². The van der Waals surface area contributed by atoms with E-state index in [2.05, 4.69) is 28.2 Å². The van der Waals surface area contributed by atoms with Crippen LogP contribution in [0, 0.1) is 0 Å². The van der Waals surface area contributed by atoms with Gasteiger partial charge in [0, 0.05) is 13.2 Å². The van der Waals surface area contributed by atoms with Crippen molar-refractivity contribution in [1.29, 1.82) is 0 Å². The Kier molecular flexibility index (Phi) is 18.6. The molecule has 194 valence electrons. The zero-order chi connectivity index (χ0) is 21.7. The molecule has 0 amide bonds. The summed E-state index contributed by atoms with van der Waals surface area (Å²) >= 11 is 0. The SMILES string of the molecule is C[N+]1(C)CCCC(OCCCCCCCCCCCCOC2CCC[N+](C)(C)C2)C1.[Br-].[Br-]. The molecule has 32 heavy (non-hydrogen) atoms. The first-order valence-corrected chi connectivity index (χ1v) is 13.2. The van der Waals surface area contributed by atoms with E-state index in [0.717, 1.165) is 22.2 Å². The molecule has 0 aromatic rings. The Morgan fingerprint density at radius 2 is 0.844 bits per heavy atom. The Hall–Kier alpha value is 0.800. The molecule has 0 aliphatic carbocycles. The molecule has 2 aliphatic rings. The van der Waals surface area contributed by atoms with Gasteiger partial charge >= 0.3 is 0 Å². The van der Waals surface area contributed by atoms with Crippen molar-refractivity contribution in [2.45, 2.75) is 102 Å². The lowest BCUT2D eigenvalue weighted by Gasteiger charge is -2.37. The molecule has 4 nitrogen and oxygen atoms in total. The van der Waals surface area contributed by atoms with Crippen LogP contribution < -0.4 is 34.0 Å². The maximum Gasteiger partial charge on any atom is 0.107 e. The zero-order valence-corrected chi connectivity index (χ0v) is 24.9. The number of nitrogens with zero attached hydrogens (tertiary/aromatic N) is 2. The second-order valence-corrected chi connectivity index (χ2v) is 11.5.